The maximum Gasteiger partial charge on any atom is 0.266 e. The van der Waals surface area contributed by atoms with Gasteiger partial charge in [-0.25, -0.2) is 0 Å². The van der Waals surface area contributed by atoms with Crippen molar-refractivity contribution in [2.24, 2.45) is 0 Å². The number of anilines is 1. The minimum absolute atomic E-state index is 0.0813. The quantitative estimate of drug-likeness (QED) is 0.644. The number of nitriles is 1. The Morgan fingerprint density at radius 3 is 2.70 bits per heavy atom. The molecule has 0 unspecified atom stereocenters. The van der Waals surface area contributed by atoms with E-state index < -0.39 is 5.91 Å². The van der Waals surface area contributed by atoms with E-state index in [0.29, 0.717) is 52.5 Å². The van der Waals surface area contributed by atoms with Crippen LogP contribution in [0.25, 0.3) is 6.08 Å². The maximum absolute atomic E-state index is 12.5. The molecule has 0 saturated heterocycles. The monoisotopic (exact) mass is 384 g/mol. The fraction of sp³-hybridized carbons (Fsp3) is 0.158. The van der Waals surface area contributed by atoms with Crippen LogP contribution in [-0.2, 0) is 4.79 Å². The zero-order valence-corrected chi connectivity index (χ0v) is 14.7. The molecule has 2 aliphatic rings. The number of nitrogens with zero attached hydrogens (tertiary/aromatic N) is 1. The summed E-state index contributed by atoms with van der Waals surface area (Å²) in [5.41, 5.74) is 0.965. The number of fused-ring (bicyclic) bond motifs is 2. The molecule has 0 fully saturated rings. The Labute approximate surface area is 159 Å². The van der Waals surface area contributed by atoms with E-state index >= 15 is 0 Å². The van der Waals surface area contributed by atoms with Crippen LogP contribution in [0, 0.1) is 11.3 Å². The second-order valence-electron chi connectivity index (χ2n) is 5.72. The fourth-order valence-electron chi connectivity index (χ4n) is 2.71. The average Bonchev–Trinajstić information content (AvgIpc) is 3.15. The molecule has 2 aromatic carbocycles. The van der Waals surface area contributed by atoms with Gasteiger partial charge in [0.25, 0.3) is 5.91 Å². The highest BCUT2D eigenvalue weighted by Gasteiger charge is 2.19. The Balaban J connectivity index is 1.56. The standard InChI is InChI=1S/C19H13ClN2O5/c20-14-6-11(7-17-18(14)27-10-26-17)5-12(9-21)19(23)22-13-1-2-15-16(8-13)25-4-3-24-15/h1-2,5-8H,3-4,10H2,(H,22,23)/b12-5+. The van der Waals surface area contributed by atoms with Crippen molar-refractivity contribution < 1.29 is 23.7 Å². The Bertz CT molecular complexity index is 996. The molecule has 2 aromatic rings. The number of rotatable bonds is 3. The maximum atomic E-state index is 12.5. The molecule has 7 nitrogen and oxygen atoms in total. The van der Waals surface area contributed by atoms with Crippen LogP contribution >= 0.6 is 11.6 Å². The molecule has 0 saturated carbocycles. The van der Waals surface area contributed by atoms with Gasteiger partial charge in [0.1, 0.15) is 24.9 Å². The van der Waals surface area contributed by atoms with E-state index in [1.807, 2.05) is 6.07 Å². The molecule has 27 heavy (non-hydrogen) atoms. The van der Waals surface area contributed by atoms with Gasteiger partial charge in [0.2, 0.25) is 6.79 Å². The summed E-state index contributed by atoms with van der Waals surface area (Å²) in [6.07, 6.45) is 1.43. The van der Waals surface area contributed by atoms with Crippen molar-refractivity contribution in [3.8, 4) is 29.1 Å². The third-order valence-electron chi connectivity index (χ3n) is 3.93. The van der Waals surface area contributed by atoms with E-state index in [9.17, 15) is 10.1 Å². The lowest BCUT2D eigenvalue weighted by molar-refractivity contribution is -0.112. The van der Waals surface area contributed by atoms with Crippen LogP contribution in [0.5, 0.6) is 23.0 Å². The summed E-state index contributed by atoms with van der Waals surface area (Å²) >= 11 is 6.13. The summed E-state index contributed by atoms with van der Waals surface area (Å²) < 4.78 is 21.5. The minimum atomic E-state index is -0.553. The average molecular weight is 385 g/mol. The second kappa shape index (κ2) is 7.09. The van der Waals surface area contributed by atoms with E-state index in [4.69, 9.17) is 30.5 Å². The van der Waals surface area contributed by atoms with E-state index in [0.717, 1.165) is 0 Å². The van der Waals surface area contributed by atoms with Crippen molar-refractivity contribution in [2.45, 2.75) is 0 Å². The number of nitrogens with one attached hydrogen (secondary N) is 1. The molecule has 4 rings (SSSR count). The van der Waals surface area contributed by atoms with E-state index in [2.05, 4.69) is 5.32 Å². The van der Waals surface area contributed by atoms with Crippen molar-refractivity contribution in [1.29, 1.82) is 5.26 Å². The molecule has 1 N–H and O–H groups in total. The van der Waals surface area contributed by atoms with Gasteiger partial charge in [-0.15, -0.1) is 0 Å². The van der Waals surface area contributed by atoms with Gasteiger partial charge in [-0.1, -0.05) is 11.6 Å². The lowest BCUT2D eigenvalue weighted by Crippen LogP contribution is -2.17. The predicted molar refractivity (Wildman–Crippen MR) is 97.2 cm³/mol. The molecule has 0 atom stereocenters. The van der Waals surface area contributed by atoms with Crippen LogP contribution in [-0.4, -0.2) is 25.9 Å². The van der Waals surface area contributed by atoms with Gasteiger partial charge < -0.3 is 24.3 Å². The van der Waals surface area contributed by atoms with Crippen LogP contribution in [0.15, 0.2) is 35.9 Å². The third kappa shape index (κ3) is 3.48. The molecule has 0 aromatic heterocycles. The zero-order valence-electron chi connectivity index (χ0n) is 14.0. The molecular weight excluding hydrogens is 372 g/mol. The van der Waals surface area contributed by atoms with Crippen molar-refractivity contribution in [3.63, 3.8) is 0 Å². The van der Waals surface area contributed by atoms with Crippen LogP contribution in [0.3, 0.4) is 0 Å². The summed E-state index contributed by atoms with van der Waals surface area (Å²) in [4.78, 5) is 12.5. The predicted octanol–water partition coefficient (Wildman–Crippen LogP) is 3.39. The summed E-state index contributed by atoms with van der Waals surface area (Å²) in [6.45, 7) is 1.01. The number of carbonyl (C=O) groups is 1. The van der Waals surface area contributed by atoms with Gasteiger partial charge in [0.05, 0.1) is 5.02 Å². The summed E-state index contributed by atoms with van der Waals surface area (Å²) in [6, 6.07) is 10.2. The highest BCUT2D eigenvalue weighted by Crippen LogP contribution is 2.40. The molecule has 1 amide bonds. The molecule has 0 radical (unpaired) electrons. The summed E-state index contributed by atoms with van der Waals surface area (Å²) in [5.74, 6) is 1.53. The lowest BCUT2D eigenvalue weighted by Gasteiger charge is -2.18. The second-order valence-corrected chi connectivity index (χ2v) is 6.13. The van der Waals surface area contributed by atoms with E-state index in [1.165, 1.54) is 6.08 Å². The fourth-order valence-corrected chi connectivity index (χ4v) is 2.98. The third-order valence-corrected chi connectivity index (χ3v) is 4.21. The van der Waals surface area contributed by atoms with Crippen molar-refractivity contribution in [1.82, 2.24) is 0 Å². The number of carbonyl (C=O) groups excluding carboxylic acids is 1. The van der Waals surface area contributed by atoms with Crippen molar-refractivity contribution in [2.75, 3.05) is 25.3 Å². The highest BCUT2D eigenvalue weighted by molar-refractivity contribution is 6.32. The normalized spacial score (nSPS) is 14.4. The lowest BCUT2D eigenvalue weighted by atomic mass is 10.1. The van der Waals surface area contributed by atoms with Gasteiger partial charge in [-0.05, 0) is 35.9 Å². The Morgan fingerprint density at radius 2 is 1.89 bits per heavy atom. The Kier molecular flexibility index (Phi) is 4.48. The highest BCUT2D eigenvalue weighted by atomic mass is 35.5. The molecule has 2 aliphatic heterocycles. The van der Waals surface area contributed by atoms with Crippen molar-refractivity contribution in [3.05, 3.63) is 46.5 Å². The molecule has 8 heteroatoms. The van der Waals surface area contributed by atoms with Gasteiger partial charge in [-0.2, -0.15) is 5.26 Å². The first kappa shape index (κ1) is 17.1. The van der Waals surface area contributed by atoms with Gasteiger partial charge in [0.15, 0.2) is 23.0 Å². The number of ether oxygens (including phenoxy) is 4. The topological polar surface area (TPSA) is 89.8 Å². The van der Waals surface area contributed by atoms with Crippen LogP contribution in [0.4, 0.5) is 5.69 Å². The number of hydrogen-bond acceptors (Lipinski definition) is 6. The van der Waals surface area contributed by atoms with Crippen LogP contribution in [0.1, 0.15) is 5.56 Å². The number of amides is 1. The number of halogens is 1. The van der Waals surface area contributed by atoms with Gasteiger partial charge in [-0.3, -0.25) is 4.79 Å². The minimum Gasteiger partial charge on any atom is -0.486 e. The summed E-state index contributed by atoms with van der Waals surface area (Å²) in [7, 11) is 0. The molecule has 136 valence electrons. The first-order chi connectivity index (χ1) is 13.1. The first-order valence-corrected chi connectivity index (χ1v) is 8.44. The number of hydrogen-bond donors (Lipinski definition) is 1. The van der Waals surface area contributed by atoms with Gasteiger partial charge in [0, 0.05) is 11.8 Å². The Hall–Kier alpha value is -3.37. The van der Waals surface area contributed by atoms with E-state index in [-0.39, 0.29) is 12.4 Å². The molecule has 0 aliphatic carbocycles. The van der Waals surface area contributed by atoms with E-state index in [1.54, 1.807) is 30.3 Å². The Morgan fingerprint density at radius 1 is 1.07 bits per heavy atom. The van der Waals surface area contributed by atoms with Crippen LogP contribution < -0.4 is 24.3 Å². The van der Waals surface area contributed by atoms with Gasteiger partial charge >= 0.3 is 0 Å². The number of benzene rings is 2. The molecule has 2 heterocycles. The smallest absolute Gasteiger partial charge is 0.266 e. The molecule has 0 spiro atoms. The summed E-state index contributed by atoms with van der Waals surface area (Å²) in [5, 5.41) is 12.4. The van der Waals surface area contributed by atoms with Crippen molar-refractivity contribution >= 4 is 29.3 Å². The SMILES string of the molecule is N#C/C(=C\c1cc(Cl)c2c(c1)OCO2)C(=O)Nc1ccc2c(c1)OCCO2. The zero-order chi connectivity index (χ0) is 18.8. The largest absolute Gasteiger partial charge is 0.486 e. The first-order valence-electron chi connectivity index (χ1n) is 8.06. The van der Waals surface area contributed by atoms with Crippen LogP contribution in [0.2, 0.25) is 5.02 Å². The molecular formula is C19H13ClN2O5. The molecule has 0 bridgehead atoms.